The SMILES string of the molecule is COC(=O)/C=C/c1ccc2c(c1O)C(O)=C1C(=O)[C@]3(O)C(=O)C(C(C)=O)=C(C)[C@@H](C(C)C)[C@]3(C)[C@@H](C)[C@]1(C)[C@H]2C. The topological polar surface area (TPSA) is 138 Å². The third-order valence-corrected chi connectivity index (χ3v) is 10.4. The van der Waals surface area contributed by atoms with E-state index < -0.39 is 63.3 Å². The van der Waals surface area contributed by atoms with Crippen LogP contribution in [-0.2, 0) is 23.9 Å². The van der Waals surface area contributed by atoms with Crippen molar-refractivity contribution in [2.75, 3.05) is 7.11 Å². The van der Waals surface area contributed by atoms with E-state index in [0.717, 1.165) is 6.08 Å². The number of rotatable bonds is 4. The highest BCUT2D eigenvalue weighted by Crippen LogP contribution is 2.70. The molecule has 0 bridgehead atoms. The fraction of sp³-hybridized carbons (Fsp3) is 0.500. The van der Waals surface area contributed by atoms with Gasteiger partial charge in [-0.15, -0.1) is 0 Å². The van der Waals surface area contributed by atoms with Crippen LogP contribution in [0.25, 0.3) is 11.8 Å². The Kier molecular flexibility index (Phi) is 6.82. The van der Waals surface area contributed by atoms with Gasteiger partial charge in [-0.25, -0.2) is 4.79 Å². The highest BCUT2D eigenvalue weighted by Gasteiger charge is 2.75. The number of benzene rings is 1. The van der Waals surface area contributed by atoms with Crippen molar-refractivity contribution < 1.29 is 39.2 Å². The van der Waals surface area contributed by atoms with Crippen LogP contribution in [-0.4, -0.2) is 51.3 Å². The van der Waals surface area contributed by atoms with Gasteiger partial charge in [-0.3, -0.25) is 14.4 Å². The number of ketones is 3. The number of carbonyl (C=O) groups is 4. The maximum absolute atomic E-state index is 14.6. The lowest BCUT2D eigenvalue weighted by atomic mass is 9.37. The molecule has 1 saturated carbocycles. The minimum Gasteiger partial charge on any atom is -0.507 e. The zero-order valence-electron chi connectivity index (χ0n) is 24.5. The second-order valence-electron chi connectivity index (χ2n) is 12.3. The van der Waals surface area contributed by atoms with E-state index in [4.69, 9.17) is 0 Å². The number of fused-ring (bicyclic) bond motifs is 3. The summed E-state index contributed by atoms with van der Waals surface area (Å²) in [5.74, 6) is -5.54. The van der Waals surface area contributed by atoms with Crippen molar-refractivity contribution in [2.45, 2.75) is 66.9 Å². The number of phenolic OH excluding ortho intramolecular Hbond substituents is 1. The van der Waals surface area contributed by atoms with E-state index >= 15 is 0 Å². The number of phenols is 1. The number of ether oxygens (including phenoxy) is 1. The number of aliphatic hydroxyl groups is 2. The minimum absolute atomic E-state index is 0.00178. The standard InChI is InChI=1S/C32H38O8/c1-14(2)24-15(3)22(17(5)33)28(37)32(39)29(38)25-27(36)23-20(16(4)30(25,7)18(6)31(24,32)8)12-10-19(26(23)35)11-13-21(34)40-9/h10-14,16,18,24,35-36,39H,1-9H3/b13-11+/t16-,18-,24+,30-,31-,32+/m0/s1. The Morgan fingerprint density at radius 3 is 2.20 bits per heavy atom. The molecule has 0 radical (unpaired) electrons. The minimum atomic E-state index is -2.61. The average molecular weight is 551 g/mol. The van der Waals surface area contributed by atoms with Crippen LogP contribution in [0.2, 0.25) is 0 Å². The Labute approximate surface area is 234 Å². The first-order chi connectivity index (χ1) is 18.4. The molecular formula is C32H38O8. The molecule has 1 aromatic carbocycles. The van der Waals surface area contributed by atoms with Gasteiger partial charge in [0.05, 0.1) is 18.2 Å². The number of allylic oxidation sites excluding steroid dienone is 1. The zero-order chi connectivity index (χ0) is 30.3. The molecule has 1 fully saturated rings. The summed E-state index contributed by atoms with van der Waals surface area (Å²) >= 11 is 0. The predicted octanol–water partition coefficient (Wildman–Crippen LogP) is 4.69. The predicted molar refractivity (Wildman–Crippen MR) is 149 cm³/mol. The summed E-state index contributed by atoms with van der Waals surface area (Å²) in [5.41, 5.74) is -3.94. The van der Waals surface area contributed by atoms with Crippen LogP contribution in [0.5, 0.6) is 5.75 Å². The second kappa shape index (κ2) is 9.26. The maximum atomic E-state index is 14.6. The summed E-state index contributed by atoms with van der Waals surface area (Å²) in [4.78, 5) is 52.9. The molecule has 40 heavy (non-hydrogen) atoms. The molecule has 3 aliphatic rings. The molecule has 0 saturated heterocycles. The van der Waals surface area contributed by atoms with Crippen molar-refractivity contribution in [1.82, 2.24) is 0 Å². The van der Waals surface area contributed by atoms with Gasteiger partial charge >= 0.3 is 5.97 Å². The van der Waals surface area contributed by atoms with E-state index in [1.807, 2.05) is 34.6 Å². The number of aliphatic hydroxyl groups excluding tert-OH is 1. The highest BCUT2D eigenvalue weighted by atomic mass is 16.5. The Hall–Kier alpha value is -3.52. The number of methoxy groups -OCH3 is 1. The Morgan fingerprint density at radius 1 is 1.07 bits per heavy atom. The second-order valence-corrected chi connectivity index (χ2v) is 12.3. The van der Waals surface area contributed by atoms with Crippen LogP contribution in [0.3, 0.4) is 0 Å². The normalized spacial score (nSPS) is 33.7. The molecule has 3 aliphatic carbocycles. The average Bonchev–Trinajstić information content (AvgIpc) is 2.87. The van der Waals surface area contributed by atoms with Crippen molar-refractivity contribution in [3.05, 3.63) is 51.6 Å². The molecule has 0 spiro atoms. The van der Waals surface area contributed by atoms with Crippen LogP contribution < -0.4 is 0 Å². The first kappa shape index (κ1) is 29.5. The van der Waals surface area contributed by atoms with Gasteiger partial charge in [-0.1, -0.05) is 59.2 Å². The molecule has 8 heteroatoms. The molecule has 3 N–H and O–H groups in total. The van der Waals surface area contributed by atoms with Crippen LogP contribution in [0, 0.1) is 28.6 Å². The van der Waals surface area contributed by atoms with E-state index in [1.54, 1.807) is 26.0 Å². The fourth-order valence-corrected chi connectivity index (χ4v) is 8.26. The third kappa shape index (κ3) is 3.35. The number of aromatic hydroxyl groups is 1. The van der Waals surface area contributed by atoms with Crippen molar-refractivity contribution in [3.8, 4) is 5.75 Å². The Bertz CT molecular complexity index is 1460. The Morgan fingerprint density at radius 2 is 1.68 bits per heavy atom. The van der Waals surface area contributed by atoms with Gasteiger partial charge in [0.1, 0.15) is 11.5 Å². The number of esters is 1. The van der Waals surface area contributed by atoms with E-state index in [1.165, 1.54) is 20.1 Å². The summed E-state index contributed by atoms with van der Waals surface area (Å²) < 4.78 is 4.61. The molecular weight excluding hydrogens is 512 g/mol. The molecule has 214 valence electrons. The summed E-state index contributed by atoms with van der Waals surface area (Å²) in [6, 6.07) is 3.35. The van der Waals surface area contributed by atoms with Gasteiger partial charge in [-0.05, 0) is 49.2 Å². The molecule has 0 unspecified atom stereocenters. The Balaban J connectivity index is 2.08. The molecule has 6 atom stereocenters. The smallest absolute Gasteiger partial charge is 0.330 e. The largest absolute Gasteiger partial charge is 0.507 e. The molecule has 8 nitrogen and oxygen atoms in total. The van der Waals surface area contributed by atoms with Gasteiger partial charge < -0.3 is 20.1 Å². The highest BCUT2D eigenvalue weighted by molar-refractivity contribution is 6.33. The van der Waals surface area contributed by atoms with Gasteiger partial charge in [-0.2, -0.15) is 0 Å². The number of Topliss-reactive ketones (excluding diaryl/α,β-unsaturated/α-hetero) is 3. The quantitative estimate of drug-likeness (QED) is 0.213. The van der Waals surface area contributed by atoms with Gasteiger partial charge in [0.15, 0.2) is 11.4 Å². The lowest BCUT2D eigenvalue weighted by Crippen LogP contribution is -2.74. The van der Waals surface area contributed by atoms with Crippen molar-refractivity contribution in [3.63, 3.8) is 0 Å². The number of hydrogen-bond donors (Lipinski definition) is 3. The molecule has 0 aliphatic heterocycles. The summed E-state index contributed by atoms with van der Waals surface area (Å²) in [5, 5.41) is 35.3. The monoisotopic (exact) mass is 550 g/mol. The van der Waals surface area contributed by atoms with E-state index in [9.17, 15) is 34.5 Å². The van der Waals surface area contributed by atoms with Gasteiger partial charge in [0.25, 0.3) is 0 Å². The molecule has 0 amide bonds. The maximum Gasteiger partial charge on any atom is 0.330 e. The van der Waals surface area contributed by atoms with Crippen molar-refractivity contribution >= 4 is 35.2 Å². The van der Waals surface area contributed by atoms with Crippen molar-refractivity contribution in [2.24, 2.45) is 28.6 Å². The van der Waals surface area contributed by atoms with E-state index in [-0.39, 0.29) is 33.9 Å². The number of carbonyl (C=O) groups excluding carboxylic acids is 4. The summed E-state index contributed by atoms with van der Waals surface area (Å²) in [7, 11) is 1.22. The van der Waals surface area contributed by atoms with Crippen LogP contribution >= 0.6 is 0 Å². The first-order valence-corrected chi connectivity index (χ1v) is 13.5. The molecule has 0 aromatic heterocycles. The molecule has 0 heterocycles. The van der Waals surface area contributed by atoms with Crippen LogP contribution in [0.4, 0.5) is 0 Å². The van der Waals surface area contributed by atoms with E-state index in [0.29, 0.717) is 11.1 Å². The molecule has 4 rings (SSSR count). The van der Waals surface area contributed by atoms with Crippen LogP contribution in [0.15, 0.2) is 34.9 Å². The number of hydrogen-bond acceptors (Lipinski definition) is 8. The summed E-state index contributed by atoms with van der Waals surface area (Å²) in [6.45, 7) is 14.2. The van der Waals surface area contributed by atoms with Crippen LogP contribution in [0.1, 0.15) is 78.0 Å². The van der Waals surface area contributed by atoms with Gasteiger partial charge in [0.2, 0.25) is 11.6 Å². The molecule has 1 aromatic rings. The summed E-state index contributed by atoms with van der Waals surface area (Å²) in [6.07, 6.45) is 2.45. The zero-order valence-corrected chi connectivity index (χ0v) is 24.5. The fourth-order valence-electron chi connectivity index (χ4n) is 8.26. The third-order valence-electron chi connectivity index (χ3n) is 10.4. The first-order valence-electron chi connectivity index (χ1n) is 13.5. The van der Waals surface area contributed by atoms with Gasteiger partial charge in [0, 0.05) is 28.0 Å². The lowest BCUT2D eigenvalue weighted by molar-refractivity contribution is -0.194. The van der Waals surface area contributed by atoms with E-state index in [2.05, 4.69) is 4.74 Å². The lowest BCUT2D eigenvalue weighted by Gasteiger charge is -2.65. The van der Waals surface area contributed by atoms with Crippen molar-refractivity contribution in [1.29, 1.82) is 0 Å².